The Morgan fingerprint density at radius 3 is 3.00 bits per heavy atom. The second-order valence-corrected chi connectivity index (χ2v) is 3.38. The highest BCUT2D eigenvalue weighted by Gasteiger charge is 1.97. The van der Waals surface area contributed by atoms with Crippen LogP contribution in [-0.2, 0) is 0 Å². The molecule has 0 saturated carbocycles. The maximum Gasteiger partial charge on any atom is 0.189 e. The molecule has 0 atom stereocenters. The fourth-order valence-corrected chi connectivity index (χ4v) is 1.47. The van der Waals surface area contributed by atoms with Gasteiger partial charge in [0.2, 0.25) is 0 Å². The molecular weight excluding hydrogens is 202 g/mol. The van der Waals surface area contributed by atoms with E-state index in [1.807, 2.05) is 12.1 Å². The van der Waals surface area contributed by atoms with Gasteiger partial charge in [0, 0.05) is 29.6 Å². The number of H-pyrrole nitrogens is 1. The predicted molar refractivity (Wildman–Crippen MR) is 63.1 cm³/mol. The van der Waals surface area contributed by atoms with Crippen LogP contribution >= 0.6 is 0 Å². The van der Waals surface area contributed by atoms with Crippen molar-refractivity contribution in [3.8, 4) is 11.8 Å². The number of aliphatic hydroxyl groups is 1. The molecule has 0 spiro atoms. The molecule has 0 aliphatic rings. The average molecular weight is 213 g/mol. The first-order valence-corrected chi connectivity index (χ1v) is 5.02. The van der Waals surface area contributed by atoms with E-state index in [-0.39, 0.29) is 12.0 Å². The van der Waals surface area contributed by atoms with Crippen LogP contribution in [0.15, 0.2) is 35.3 Å². The largest absolute Gasteiger partial charge is 0.395 e. The molecule has 0 radical (unpaired) electrons. The Kier molecular flexibility index (Phi) is 3.04. The van der Waals surface area contributed by atoms with Crippen molar-refractivity contribution in [3.63, 3.8) is 0 Å². The summed E-state index contributed by atoms with van der Waals surface area (Å²) in [6.45, 7) is 0.0669. The number of hydrogen-bond donors (Lipinski definition) is 2. The van der Waals surface area contributed by atoms with Gasteiger partial charge in [-0.15, -0.1) is 0 Å². The van der Waals surface area contributed by atoms with Gasteiger partial charge >= 0.3 is 0 Å². The third-order valence-electron chi connectivity index (χ3n) is 2.23. The highest BCUT2D eigenvalue weighted by Crippen LogP contribution is 2.08. The van der Waals surface area contributed by atoms with Crippen LogP contribution in [-0.4, -0.2) is 16.7 Å². The summed E-state index contributed by atoms with van der Waals surface area (Å²) < 4.78 is 0. The molecule has 0 aliphatic heterocycles. The Morgan fingerprint density at radius 2 is 2.19 bits per heavy atom. The maximum absolute atomic E-state index is 11.5. The zero-order valence-electron chi connectivity index (χ0n) is 8.66. The third kappa shape index (κ3) is 2.13. The predicted octanol–water partition coefficient (Wildman–Crippen LogP) is 1.26. The van der Waals surface area contributed by atoms with Gasteiger partial charge in [-0.2, -0.15) is 0 Å². The fraction of sp³-hybridized carbons (Fsp3) is 0.154. The summed E-state index contributed by atoms with van der Waals surface area (Å²) in [6.07, 6.45) is 2.08. The van der Waals surface area contributed by atoms with E-state index in [4.69, 9.17) is 5.11 Å². The Labute approximate surface area is 92.7 Å². The number of rotatable bonds is 1. The fourth-order valence-electron chi connectivity index (χ4n) is 1.47. The Hall–Kier alpha value is -2.05. The lowest BCUT2D eigenvalue weighted by Gasteiger charge is -1.97. The monoisotopic (exact) mass is 213 g/mol. The number of hydrogen-bond acceptors (Lipinski definition) is 2. The first kappa shape index (κ1) is 10.5. The summed E-state index contributed by atoms with van der Waals surface area (Å²) in [5, 5.41) is 9.26. The van der Waals surface area contributed by atoms with E-state index in [2.05, 4.69) is 16.8 Å². The maximum atomic E-state index is 11.5. The summed E-state index contributed by atoms with van der Waals surface area (Å²) in [4.78, 5) is 14.5. The lowest BCUT2D eigenvalue weighted by molar-refractivity contribution is 0.305. The molecule has 0 aliphatic carbocycles. The van der Waals surface area contributed by atoms with Crippen LogP contribution in [0.2, 0.25) is 0 Å². The summed E-state index contributed by atoms with van der Waals surface area (Å²) in [7, 11) is 0. The molecule has 1 aromatic heterocycles. The van der Waals surface area contributed by atoms with Crippen LogP contribution in [0.5, 0.6) is 0 Å². The van der Waals surface area contributed by atoms with E-state index >= 15 is 0 Å². The van der Waals surface area contributed by atoms with Crippen molar-refractivity contribution in [1.29, 1.82) is 0 Å². The SMILES string of the molecule is O=c1cc[nH]c2cc(C#CCCO)ccc12. The number of nitrogens with one attached hydrogen (secondary N) is 1. The first-order chi connectivity index (χ1) is 7.81. The molecule has 3 heteroatoms. The second-order valence-electron chi connectivity index (χ2n) is 3.38. The van der Waals surface area contributed by atoms with Crippen molar-refractivity contribution < 1.29 is 5.11 Å². The number of pyridine rings is 1. The Bertz CT molecular complexity index is 617. The van der Waals surface area contributed by atoms with Crippen LogP contribution in [0, 0.1) is 11.8 Å². The molecule has 1 aromatic carbocycles. The lowest BCUT2D eigenvalue weighted by atomic mass is 10.1. The van der Waals surface area contributed by atoms with Crippen molar-refractivity contribution in [2.75, 3.05) is 6.61 Å². The van der Waals surface area contributed by atoms with Crippen molar-refractivity contribution in [2.24, 2.45) is 0 Å². The van der Waals surface area contributed by atoms with Gasteiger partial charge in [0.15, 0.2) is 5.43 Å². The van der Waals surface area contributed by atoms with Crippen LogP contribution in [0.1, 0.15) is 12.0 Å². The van der Waals surface area contributed by atoms with Gasteiger partial charge in [-0.3, -0.25) is 4.79 Å². The molecule has 2 rings (SSSR count). The number of aromatic amines is 1. The summed E-state index contributed by atoms with van der Waals surface area (Å²) in [5.41, 5.74) is 1.62. The normalized spacial score (nSPS) is 9.81. The molecule has 80 valence electrons. The second kappa shape index (κ2) is 4.65. The minimum absolute atomic E-state index is 0.00335. The van der Waals surface area contributed by atoms with Gasteiger partial charge in [0.05, 0.1) is 12.1 Å². The summed E-state index contributed by atoms with van der Waals surface area (Å²) in [6, 6.07) is 6.90. The van der Waals surface area contributed by atoms with Gasteiger partial charge in [0.1, 0.15) is 0 Å². The van der Waals surface area contributed by atoms with Gasteiger partial charge in [0.25, 0.3) is 0 Å². The third-order valence-corrected chi connectivity index (χ3v) is 2.23. The molecule has 1 heterocycles. The number of benzene rings is 1. The summed E-state index contributed by atoms with van der Waals surface area (Å²) in [5.74, 6) is 5.76. The van der Waals surface area contributed by atoms with E-state index in [0.717, 1.165) is 11.1 Å². The van der Waals surface area contributed by atoms with E-state index in [9.17, 15) is 4.79 Å². The molecular formula is C13H11NO2. The van der Waals surface area contributed by atoms with Gasteiger partial charge in [-0.1, -0.05) is 11.8 Å². The van der Waals surface area contributed by atoms with Crippen LogP contribution in [0.3, 0.4) is 0 Å². The van der Waals surface area contributed by atoms with Crippen molar-refractivity contribution in [3.05, 3.63) is 46.2 Å². The minimum atomic E-state index is 0.00335. The summed E-state index contributed by atoms with van der Waals surface area (Å²) >= 11 is 0. The van der Waals surface area contributed by atoms with E-state index in [0.29, 0.717) is 11.8 Å². The zero-order chi connectivity index (χ0) is 11.4. The highest BCUT2D eigenvalue weighted by molar-refractivity contribution is 5.79. The molecule has 2 aromatic rings. The smallest absolute Gasteiger partial charge is 0.189 e. The molecule has 0 unspecified atom stereocenters. The Morgan fingerprint density at radius 1 is 1.31 bits per heavy atom. The topological polar surface area (TPSA) is 53.1 Å². The molecule has 0 fully saturated rings. The van der Waals surface area contributed by atoms with E-state index < -0.39 is 0 Å². The molecule has 0 saturated heterocycles. The quantitative estimate of drug-likeness (QED) is 0.701. The molecule has 0 amide bonds. The van der Waals surface area contributed by atoms with Gasteiger partial charge in [-0.05, 0) is 18.2 Å². The standard InChI is InChI=1S/C13H11NO2/c15-8-2-1-3-10-4-5-11-12(9-10)14-7-6-13(11)16/h4-7,9,15H,2,8H2,(H,14,16). The van der Waals surface area contributed by atoms with Crippen LogP contribution < -0.4 is 5.43 Å². The van der Waals surface area contributed by atoms with Gasteiger partial charge < -0.3 is 10.1 Å². The van der Waals surface area contributed by atoms with E-state index in [1.54, 1.807) is 12.3 Å². The minimum Gasteiger partial charge on any atom is -0.395 e. The lowest BCUT2D eigenvalue weighted by Crippen LogP contribution is -1.99. The molecule has 2 N–H and O–H groups in total. The van der Waals surface area contributed by atoms with Crippen LogP contribution in [0.25, 0.3) is 10.9 Å². The number of aromatic nitrogens is 1. The number of aliphatic hydroxyl groups excluding tert-OH is 1. The number of fused-ring (bicyclic) bond motifs is 1. The first-order valence-electron chi connectivity index (χ1n) is 5.02. The molecule has 0 bridgehead atoms. The molecule has 3 nitrogen and oxygen atoms in total. The van der Waals surface area contributed by atoms with E-state index in [1.165, 1.54) is 6.07 Å². The zero-order valence-corrected chi connectivity index (χ0v) is 8.66. The van der Waals surface area contributed by atoms with Crippen molar-refractivity contribution in [1.82, 2.24) is 4.98 Å². The highest BCUT2D eigenvalue weighted by atomic mass is 16.2. The van der Waals surface area contributed by atoms with Crippen molar-refractivity contribution in [2.45, 2.75) is 6.42 Å². The van der Waals surface area contributed by atoms with Gasteiger partial charge in [-0.25, -0.2) is 0 Å². The van der Waals surface area contributed by atoms with Crippen LogP contribution in [0.4, 0.5) is 0 Å². The Balaban J connectivity index is 2.46. The average Bonchev–Trinajstić information content (AvgIpc) is 2.30. The van der Waals surface area contributed by atoms with Crippen molar-refractivity contribution >= 4 is 10.9 Å². The molecule has 16 heavy (non-hydrogen) atoms.